The fraction of sp³-hybridized carbons (Fsp3) is 0.500. The maximum absolute atomic E-state index is 4.03. The molecule has 0 fully saturated rings. The molecule has 9 heavy (non-hydrogen) atoms. The van der Waals surface area contributed by atoms with Crippen molar-refractivity contribution < 1.29 is 0 Å². The summed E-state index contributed by atoms with van der Waals surface area (Å²) < 4.78 is 2.33. The van der Waals surface area contributed by atoms with Crippen LogP contribution in [-0.2, 0) is 0 Å². The van der Waals surface area contributed by atoms with E-state index in [-0.39, 0.29) is 0 Å². The van der Waals surface area contributed by atoms with Crippen LogP contribution >= 0.6 is 38.5 Å². The van der Waals surface area contributed by atoms with Gasteiger partial charge in [0.1, 0.15) is 0 Å². The molecule has 0 spiro atoms. The van der Waals surface area contributed by atoms with Crippen molar-refractivity contribution in [3.63, 3.8) is 0 Å². The van der Waals surface area contributed by atoms with Crippen molar-refractivity contribution in [1.82, 2.24) is 0 Å². The highest BCUT2D eigenvalue weighted by Crippen LogP contribution is 2.18. The minimum atomic E-state index is 1.07. The molecule has 0 atom stereocenters. The van der Waals surface area contributed by atoms with Gasteiger partial charge in [-0.15, -0.1) is 0 Å². The van der Waals surface area contributed by atoms with Gasteiger partial charge in [-0.3, -0.25) is 4.99 Å². The van der Waals surface area contributed by atoms with Gasteiger partial charge in [0.25, 0.3) is 0 Å². The minimum absolute atomic E-state index is 1.07. The average molecular weight is 302 g/mol. The van der Waals surface area contributed by atoms with Crippen molar-refractivity contribution in [2.75, 3.05) is 7.05 Å². The molecule has 0 amide bonds. The van der Waals surface area contributed by atoms with E-state index in [1.807, 2.05) is 13.8 Å². The molecule has 0 aromatic carbocycles. The number of aliphatic imine (C=N–C) groups is 1. The SMILES string of the molecule is CN=C(C)/C(I)=C(\C)Br. The Hall–Kier alpha value is 0.620. The molecule has 0 aromatic heterocycles. The molecule has 0 aromatic rings. The Labute approximate surface area is 77.9 Å². The smallest absolute Gasteiger partial charge is 0.0455 e. The number of hydrogen-bond acceptors (Lipinski definition) is 1. The molecule has 0 saturated heterocycles. The van der Waals surface area contributed by atoms with E-state index in [2.05, 4.69) is 43.5 Å². The highest BCUT2D eigenvalue weighted by molar-refractivity contribution is 14.1. The van der Waals surface area contributed by atoms with E-state index in [1.165, 1.54) is 3.58 Å². The van der Waals surface area contributed by atoms with Crippen molar-refractivity contribution in [3.05, 3.63) is 8.06 Å². The second-order valence-corrected chi connectivity index (χ2v) is 3.92. The molecule has 0 N–H and O–H groups in total. The normalized spacial score (nSPS) is 15.4. The Morgan fingerprint density at radius 1 is 1.44 bits per heavy atom. The maximum atomic E-state index is 4.03. The van der Waals surface area contributed by atoms with Crippen molar-refractivity contribution >= 4 is 44.2 Å². The number of halogens is 2. The average Bonchev–Trinajstić information content (AvgIpc) is 1.84. The Morgan fingerprint density at radius 3 is 2.00 bits per heavy atom. The molecule has 0 aliphatic heterocycles. The summed E-state index contributed by atoms with van der Waals surface area (Å²) in [7, 11) is 1.80. The van der Waals surface area contributed by atoms with Crippen LogP contribution in [0.4, 0.5) is 0 Å². The minimum Gasteiger partial charge on any atom is -0.292 e. The molecule has 0 unspecified atom stereocenters. The predicted octanol–water partition coefficient (Wildman–Crippen LogP) is 3.14. The van der Waals surface area contributed by atoms with E-state index in [0.717, 1.165) is 10.2 Å². The van der Waals surface area contributed by atoms with Crippen LogP contribution in [0.2, 0.25) is 0 Å². The highest BCUT2D eigenvalue weighted by Gasteiger charge is 1.96. The molecular formula is C6H9BrIN. The predicted molar refractivity (Wildman–Crippen MR) is 54.7 cm³/mol. The monoisotopic (exact) mass is 301 g/mol. The third-order valence-corrected chi connectivity index (χ3v) is 3.68. The number of nitrogens with zero attached hydrogens (tertiary/aromatic N) is 1. The van der Waals surface area contributed by atoms with Crippen LogP contribution in [0.3, 0.4) is 0 Å². The third kappa shape index (κ3) is 3.35. The van der Waals surface area contributed by atoms with Gasteiger partial charge in [-0.05, 0) is 36.4 Å². The van der Waals surface area contributed by atoms with Crippen LogP contribution in [0.1, 0.15) is 13.8 Å². The van der Waals surface area contributed by atoms with Gasteiger partial charge in [0.05, 0.1) is 0 Å². The first kappa shape index (κ1) is 9.62. The van der Waals surface area contributed by atoms with Gasteiger partial charge in [-0.2, -0.15) is 0 Å². The fourth-order valence-corrected chi connectivity index (χ4v) is 0.876. The van der Waals surface area contributed by atoms with E-state index < -0.39 is 0 Å². The van der Waals surface area contributed by atoms with E-state index in [4.69, 9.17) is 0 Å². The summed E-state index contributed by atoms with van der Waals surface area (Å²) in [6.07, 6.45) is 0. The van der Waals surface area contributed by atoms with E-state index >= 15 is 0 Å². The lowest BCUT2D eigenvalue weighted by atomic mass is 10.4. The van der Waals surface area contributed by atoms with Crippen LogP contribution in [-0.4, -0.2) is 12.8 Å². The maximum Gasteiger partial charge on any atom is 0.0455 e. The summed E-state index contributed by atoms with van der Waals surface area (Å²) >= 11 is 5.63. The fourth-order valence-electron chi connectivity index (χ4n) is 0.347. The first-order chi connectivity index (χ1) is 4.09. The molecule has 0 heterocycles. The molecule has 0 saturated carbocycles. The van der Waals surface area contributed by atoms with Crippen molar-refractivity contribution in [2.45, 2.75) is 13.8 Å². The van der Waals surface area contributed by atoms with Gasteiger partial charge in [0.15, 0.2) is 0 Å². The summed E-state index contributed by atoms with van der Waals surface area (Å²) in [6.45, 7) is 4.00. The van der Waals surface area contributed by atoms with E-state index in [1.54, 1.807) is 7.05 Å². The Kier molecular flexibility index (Phi) is 4.74. The van der Waals surface area contributed by atoms with E-state index in [0.29, 0.717) is 0 Å². The second kappa shape index (κ2) is 4.44. The lowest BCUT2D eigenvalue weighted by Gasteiger charge is -1.96. The molecule has 0 aliphatic carbocycles. The summed E-state index contributed by atoms with van der Waals surface area (Å²) in [5, 5.41) is 0. The third-order valence-electron chi connectivity index (χ3n) is 0.956. The van der Waals surface area contributed by atoms with Gasteiger partial charge in [-0.25, -0.2) is 0 Å². The van der Waals surface area contributed by atoms with Gasteiger partial charge in [0, 0.05) is 20.8 Å². The zero-order valence-corrected chi connectivity index (χ0v) is 9.45. The van der Waals surface area contributed by atoms with Crippen LogP contribution < -0.4 is 0 Å². The first-order valence-electron chi connectivity index (χ1n) is 2.55. The number of rotatable bonds is 1. The van der Waals surface area contributed by atoms with Crippen molar-refractivity contribution in [1.29, 1.82) is 0 Å². The lowest BCUT2D eigenvalue weighted by molar-refractivity contribution is 1.43. The molecule has 3 heteroatoms. The highest BCUT2D eigenvalue weighted by atomic mass is 127. The zero-order chi connectivity index (χ0) is 7.44. The van der Waals surface area contributed by atoms with Gasteiger partial charge >= 0.3 is 0 Å². The van der Waals surface area contributed by atoms with Gasteiger partial charge in [-0.1, -0.05) is 15.9 Å². The molecule has 52 valence electrons. The Balaban J connectivity index is 4.40. The lowest BCUT2D eigenvalue weighted by Crippen LogP contribution is -1.89. The molecule has 0 bridgehead atoms. The van der Waals surface area contributed by atoms with Crippen LogP contribution in [0.25, 0.3) is 0 Å². The summed E-state index contributed by atoms with van der Waals surface area (Å²) in [6, 6.07) is 0. The van der Waals surface area contributed by atoms with Crippen LogP contribution in [0.15, 0.2) is 13.1 Å². The topological polar surface area (TPSA) is 12.4 Å². The number of allylic oxidation sites excluding steroid dienone is 2. The van der Waals surface area contributed by atoms with Crippen LogP contribution in [0.5, 0.6) is 0 Å². The van der Waals surface area contributed by atoms with Crippen molar-refractivity contribution in [2.24, 2.45) is 4.99 Å². The summed E-state index contributed by atoms with van der Waals surface area (Å²) in [5.41, 5.74) is 1.07. The molecule has 1 nitrogen and oxygen atoms in total. The largest absolute Gasteiger partial charge is 0.292 e. The summed E-state index contributed by atoms with van der Waals surface area (Å²) in [4.78, 5) is 4.03. The Bertz CT molecular complexity index is 156. The molecular weight excluding hydrogens is 293 g/mol. The van der Waals surface area contributed by atoms with E-state index in [9.17, 15) is 0 Å². The standard InChI is InChI=1S/C6H9BrIN/c1-4(7)6(8)5(2)9-3/h1-3H3/b6-4-,9-5?. The second-order valence-electron chi connectivity index (χ2n) is 1.66. The molecule has 0 aliphatic rings. The molecule has 0 radical (unpaired) electrons. The van der Waals surface area contributed by atoms with Crippen molar-refractivity contribution in [3.8, 4) is 0 Å². The quantitative estimate of drug-likeness (QED) is 0.521. The Morgan fingerprint density at radius 2 is 1.89 bits per heavy atom. The first-order valence-corrected chi connectivity index (χ1v) is 4.42. The summed E-state index contributed by atoms with van der Waals surface area (Å²) in [5.74, 6) is 0. The van der Waals surface area contributed by atoms with Gasteiger partial charge in [0.2, 0.25) is 0 Å². The van der Waals surface area contributed by atoms with Gasteiger partial charge < -0.3 is 0 Å². The number of hydrogen-bond donors (Lipinski definition) is 0. The zero-order valence-electron chi connectivity index (χ0n) is 5.70. The van der Waals surface area contributed by atoms with Crippen LogP contribution in [0, 0.1) is 0 Å². The molecule has 0 rings (SSSR count).